The molecule has 0 aliphatic carbocycles. The van der Waals surface area contributed by atoms with Crippen LogP contribution in [0.15, 0.2) is 24.3 Å². The quantitative estimate of drug-likeness (QED) is 0.700. The number of hydrogen-bond acceptors (Lipinski definition) is 4. The number of hydrogen-bond donors (Lipinski definition) is 3. The molecule has 2 rings (SSSR count). The SMILES string of the molecule is CC(C)COc1ccc(CC(=O)NCC2CNCC2O)cc1.Cl. The van der Waals surface area contributed by atoms with Crippen LogP contribution in [0.2, 0.25) is 0 Å². The van der Waals surface area contributed by atoms with E-state index in [-0.39, 0.29) is 30.3 Å². The van der Waals surface area contributed by atoms with Crippen molar-refractivity contribution in [3.05, 3.63) is 29.8 Å². The van der Waals surface area contributed by atoms with Crippen LogP contribution in [0.25, 0.3) is 0 Å². The highest BCUT2D eigenvalue weighted by Gasteiger charge is 2.24. The second-order valence-corrected chi connectivity index (χ2v) is 6.32. The summed E-state index contributed by atoms with van der Waals surface area (Å²) in [5, 5.41) is 15.7. The summed E-state index contributed by atoms with van der Waals surface area (Å²) in [6.45, 7) is 6.78. The van der Waals surface area contributed by atoms with Gasteiger partial charge in [-0.3, -0.25) is 4.79 Å². The summed E-state index contributed by atoms with van der Waals surface area (Å²) in [7, 11) is 0. The molecule has 1 aromatic rings. The largest absolute Gasteiger partial charge is 0.493 e. The fourth-order valence-electron chi connectivity index (χ4n) is 2.39. The molecular weight excluding hydrogens is 316 g/mol. The van der Waals surface area contributed by atoms with Gasteiger partial charge < -0.3 is 20.5 Å². The summed E-state index contributed by atoms with van der Waals surface area (Å²) in [6, 6.07) is 7.63. The van der Waals surface area contributed by atoms with E-state index in [0.717, 1.165) is 17.9 Å². The summed E-state index contributed by atoms with van der Waals surface area (Å²) in [5.41, 5.74) is 0.958. The van der Waals surface area contributed by atoms with Gasteiger partial charge >= 0.3 is 0 Å². The normalized spacial score (nSPS) is 20.2. The average Bonchev–Trinajstić information content (AvgIpc) is 2.90. The Morgan fingerprint density at radius 3 is 2.61 bits per heavy atom. The summed E-state index contributed by atoms with van der Waals surface area (Å²) in [6.07, 6.45) is -0.0153. The molecule has 0 radical (unpaired) electrons. The first-order valence-electron chi connectivity index (χ1n) is 7.92. The molecule has 2 unspecified atom stereocenters. The van der Waals surface area contributed by atoms with Crippen molar-refractivity contribution in [2.24, 2.45) is 11.8 Å². The Labute approximate surface area is 144 Å². The van der Waals surface area contributed by atoms with Crippen LogP contribution in [-0.2, 0) is 11.2 Å². The molecule has 0 aromatic heterocycles. The summed E-state index contributed by atoms with van der Waals surface area (Å²) in [4.78, 5) is 11.9. The molecule has 0 bridgehead atoms. The minimum absolute atomic E-state index is 0. The van der Waals surface area contributed by atoms with E-state index in [1.165, 1.54) is 0 Å². The van der Waals surface area contributed by atoms with Crippen molar-refractivity contribution in [2.75, 3.05) is 26.2 Å². The molecule has 130 valence electrons. The first-order chi connectivity index (χ1) is 10.5. The smallest absolute Gasteiger partial charge is 0.224 e. The van der Waals surface area contributed by atoms with E-state index in [0.29, 0.717) is 32.0 Å². The van der Waals surface area contributed by atoms with E-state index >= 15 is 0 Å². The summed E-state index contributed by atoms with van der Waals surface area (Å²) >= 11 is 0. The lowest BCUT2D eigenvalue weighted by Crippen LogP contribution is -2.35. The maximum atomic E-state index is 11.9. The van der Waals surface area contributed by atoms with E-state index in [4.69, 9.17) is 4.74 Å². The molecule has 0 spiro atoms. The number of benzene rings is 1. The number of β-amino-alcohol motifs (C(OH)–C–C–N with tert-alkyl or cyclic N) is 1. The first kappa shape index (κ1) is 19.7. The van der Waals surface area contributed by atoms with Gasteiger partial charge in [0.25, 0.3) is 0 Å². The monoisotopic (exact) mass is 342 g/mol. The third kappa shape index (κ3) is 6.77. The topological polar surface area (TPSA) is 70.6 Å². The molecule has 2 atom stereocenters. The zero-order valence-corrected chi connectivity index (χ0v) is 14.6. The van der Waals surface area contributed by atoms with Crippen LogP contribution in [-0.4, -0.2) is 43.4 Å². The Hall–Kier alpha value is -1.30. The fraction of sp³-hybridized carbons (Fsp3) is 0.588. The van der Waals surface area contributed by atoms with Crippen LogP contribution in [0.3, 0.4) is 0 Å². The van der Waals surface area contributed by atoms with Gasteiger partial charge in [-0.1, -0.05) is 26.0 Å². The van der Waals surface area contributed by atoms with E-state index in [1.807, 2.05) is 24.3 Å². The number of aliphatic hydroxyl groups excluding tert-OH is 1. The van der Waals surface area contributed by atoms with E-state index < -0.39 is 0 Å². The third-order valence-electron chi connectivity index (χ3n) is 3.74. The van der Waals surface area contributed by atoms with Crippen molar-refractivity contribution in [1.29, 1.82) is 0 Å². The highest BCUT2D eigenvalue weighted by molar-refractivity contribution is 5.85. The van der Waals surface area contributed by atoms with Gasteiger partial charge in [0, 0.05) is 25.6 Å². The van der Waals surface area contributed by atoms with Gasteiger partial charge in [-0.15, -0.1) is 12.4 Å². The van der Waals surface area contributed by atoms with Crippen LogP contribution < -0.4 is 15.4 Å². The molecular formula is C17H27ClN2O3. The molecule has 23 heavy (non-hydrogen) atoms. The highest BCUT2D eigenvalue weighted by atomic mass is 35.5. The molecule has 1 aliphatic heterocycles. The van der Waals surface area contributed by atoms with Crippen molar-refractivity contribution in [2.45, 2.75) is 26.4 Å². The molecule has 0 saturated carbocycles. The number of halogens is 1. The molecule has 6 heteroatoms. The van der Waals surface area contributed by atoms with Crippen molar-refractivity contribution < 1.29 is 14.6 Å². The highest BCUT2D eigenvalue weighted by Crippen LogP contribution is 2.14. The first-order valence-corrected chi connectivity index (χ1v) is 7.92. The second kappa shape index (κ2) is 9.75. The van der Waals surface area contributed by atoms with Crippen molar-refractivity contribution in [3.63, 3.8) is 0 Å². The second-order valence-electron chi connectivity index (χ2n) is 6.32. The number of aliphatic hydroxyl groups is 1. The predicted molar refractivity (Wildman–Crippen MR) is 93.1 cm³/mol. The average molecular weight is 343 g/mol. The van der Waals surface area contributed by atoms with E-state index in [1.54, 1.807) is 0 Å². The van der Waals surface area contributed by atoms with Crippen molar-refractivity contribution >= 4 is 18.3 Å². The lowest BCUT2D eigenvalue weighted by Gasteiger charge is -2.14. The predicted octanol–water partition coefficient (Wildman–Crippen LogP) is 1.38. The molecule has 1 saturated heterocycles. The van der Waals surface area contributed by atoms with Crippen LogP contribution in [0.1, 0.15) is 19.4 Å². The minimum atomic E-state index is -0.363. The van der Waals surface area contributed by atoms with Gasteiger partial charge in [0.2, 0.25) is 5.91 Å². The molecule has 1 heterocycles. The van der Waals surface area contributed by atoms with Gasteiger partial charge in [-0.05, 0) is 23.6 Å². The van der Waals surface area contributed by atoms with Crippen molar-refractivity contribution in [1.82, 2.24) is 10.6 Å². The number of carbonyl (C=O) groups is 1. The molecule has 3 N–H and O–H groups in total. The van der Waals surface area contributed by atoms with Crippen molar-refractivity contribution in [3.8, 4) is 5.75 Å². The minimum Gasteiger partial charge on any atom is -0.493 e. The molecule has 1 aromatic carbocycles. The molecule has 1 fully saturated rings. The van der Waals surface area contributed by atoms with Crippen LogP contribution in [0, 0.1) is 11.8 Å². The van der Waals surface area contributed by atoms with Gasteiger partial charge in [-0.2, -0.15) is 0 Å². The number of amides is 1. The van der Waals surface area contributed by atoms with Crippen LogP contribution in [0.5, 0.6) is 5.75 Å². The van der Waals surface area contributed by atoms with Gasteiger partial charge in [-0.25, -0.2) is 0 Å². The molecule has 1 amide bonds. The van der Waals surface area contributed by atoms with Gasteiger partial charge in [0.15, 0.2) is 0 Å². The Morgan fingerprint density at radius 2 is 2.04 bits per heavy atom. The van der Waals surface area contributed by atoms with Gasteiger partial charge in [0.1, 0.15) is 5.75 Å². The number of rotatable bonds is 7. The van der Waals surface area contributed by atoms with Crippen LogP contribution in [0.4, 0.5) is 0 Å². The maximum absolute atomic E-state index is 11.9. The maximum Gasteiger partial charge on any atom is 0.224 e. The van der Waals surface area contributed by atoms with E-state index in [2.05, 4.69) is 24.5 Å². The van der Waals surface area contributed by atoms with Crippen LogP contribution >= 0.6 is 12.4 Å². The Morgan fingerprint density at radius 1 is 1.35 bits per heavy atom. The zero-order valence-electron chi connectivity index (χ0n) is 13.7. The standard InChI is InChI=1S/C17H26N2O3.ClH/c1-12(2)11-22-15-5-3-13(4-6-15)7-17(21)19-9-14-8-18-10-16(14)20;/h3-6,12,14,16,18,20H,7-11H2,1-2H3,(H,19,21);1H. The molecule has 1 aliphatic rings. The third-order valence-corrected chi connectivity index (χ3v) is 3.74. The lowest BCUT2D eigenvalue weighted by molar-refractivity contribution is -0.120. The van der Waals surface area contributed by atoms with E-state index in [9.17, 15) is 9.90 Å². The van der Waals surface area contributed by atoms with Gasteiger partial charge in [0.05, 0.1) is 19.1 Å². The zero-order chi connectivity index (χ0) is 15.9. The number of ether oxygens (including phenoxy) is 1. The Bertz CT molecular complexity index is 479. The number of carbonyl (C=O) groups excluding carboxylic acids is 1. The fourth-order valence-corrected chi connectivity index (χ4v) is 2.39. The molecule has 5 nitrogen and oxygen atoms in total. The summed E-state index contributed by atoms with van der Waals surface area (Å²) < 4.78 is 5.62. The lowest BCUT2D eigenvalue weighted by atomic mass is 10.1. The number of nitrogens with one attached hydrogen (secondary N) is 2. The Kier molecular flexibility index (Phi) is 8.37. The Balaban J connectivity index is 0.00000264. The summed E-state index contributed by atoms with van der Waals surface area (Å²) in [5.74, 6) is 1.41.